The first-order valence-corrected chi connectivity index (χ1v) is 5.43. The minimum atomic E-state index is -0.448. The first kappa shape index (κ1) is 14.4. The van der Waals surface area contributed by atoms with Crippen molar-refractivity contribution in [3.05, 3.63) is 22.5 Å². The van der Waals surface area contributed by atoms with Crippen LogP contribution in [0.2, 0.25) is 0 Å². The molecule has 0 aliphatic rings. The van der Waals surface area contributed by atoms with Crippen LogP contribution in [-0.2, 0) is 4.74 Å². The lowest BCUT2D eigenvalue weighted by atomic mass is 10.1. The third kappa shape index (κ3) is 2.95. The Morgan fingerprint density at radius 3 is 2.38 bits per heavy atom. The second-order valence-corrected chi connectivity index (χ2v) is 3.00. The van der Waals surface area contributed by atoms with Gasteiger partial charge >= 0.3 is 5.97 Å². The third-order valence-electron chi connectivity index (χ3n) is 2.13. The molecule has 0 spiro atoms. The molecule has 0 aromatic carbocycles. The fourth-order valence-electron chi connectivity index (χ4n) is 1.30. The van der Waals surface area contributed by atoms with Crippen molar-refractivity contribution >= 4 is 12.3 Å². The van der Waals surface area contributed by atoms with E-state index in [1.807, 2.05) is 20.8 Å². The van der Waals surface area contributed by atoms with Crippen LogP contribution in [-0.4, -0.2) is 23.8 Å². The van der Waals surface area contributed by atoms with Crippen LogP contribution in [0.15, 0.2) is 0 Å². The fraction of sp³-hybridized carbons (Fsp3) is 0.500. The van der Waals surface area contributed by atoms with E-state index in [9.17, 15) is 9.59 Å². The fourth-order valence-corrected chi connectivity index (χ4v) is 1.30. The summed E-state index contributed by atoms with van der Waals surface area (Å²) in [6.45, 7) is 9.63. The lowest BCUT2D eigenvalue weighted by Gasteiger charge is -2.01. The zero-order valence-electron chi connectivity index (χ0n) is 10.5. The highest BCUT2D eigenvalue weighted by atomic mass is 16.5. The molecule has 16 heavy (non-hydrogen) atoms. The number of nitrogens with one attached hydrogen (secondary N) is 1. The van der Waals surface area contributed by atoms with Crippen molar-refractivity contribution in [2.75, 3.05) is 6.61 Å². The van der Waals surface area contributed by atoms with Crippen molar-refractivity contribution in [1.29, 1.82) is 0 Å². The highest BCUT2D eigenvalue weighted by Gasteiger charge is 2.19. The predicted molar refractivity (Wildman–Crippen MR) is 63.0 cm³/mol. The average molecular weight is 225 g/mol. The standard InChI is InChI=1S/C10H13NO3.C2H6/c1-4-14-10(13)9-6(2)7(3)11-8(9)5-12;1-2/h5,11H,4H2,1-3H3;1-2H3. The largest absolute Gasteiger partial charge is 0.462 e. The Morgan fingerprint density at radius 2 is 1.94 bits per heavy atom. The maximum Gasteiger partial charge on any atom is 0.340 e. The molecule has 4 nitrogen and oxygen atoms in total. The van der Waals surface area contributed by atoms with E-state index in [1.54, 1.807) is 13.8 Å². The molecule has 1 rings (SSSR count). The lowest BCUT2D eigenvalue weighted by molar-refractivity contribution is 0.0523. The number of rotatable bonds is 3. The highest BCUT2D eigenvalue weighted by Crippen LogP contribution is 2.17. The van der Waals surface area contributed by atoms with Crippen LogP contribution in [0.4, 0.5) is 0 Å². The van der Waals surface area contributed by atoms with Gasteiger partial charge in [0, 0.05) is 5.69 Å². The molecule has 0 aliphatic carbocycles. The summed E-state index contributed by atoms with van der Waals surface area (Å²) in [5.41, 5.74) is 2.22. The van der Waals surface area contributed by atoms with Gasteiger partial charge in [-0.1, -0.05) is 13.8 Å². The number of esters is 1. The molecule has 1 aromatic heterocycles. The summed E-state index contributed by atoms with van der Waals surface area (Å²) >= 11 is 0. The first-order valence-electron chi connectivity index (χ1n) is 5.43. The van der Waals surface area contributed by atoms with E-state index >= 15 is 0 Å². The van der Waals surface area contributed by atoms with Gasteiger partial charge in [-0.05, 0) is 26.3 Å². The molecule has 0 amide bonds. The molecule has 0 saturated carbocycles. The summed E-state index contributed by atoms with van der Waals surface area (Å²) in [6, 6.07) is 0. The Balaban J connectivity index is 0.00000106. The number of ether oxygens (including phenoxy) is 1. The minimum Gasteiger partial charge on any atom is -0.462 e. The van der Waals surface area contributed by atoms with Crippen LogP contribution in [0, 0.1) is 13.8 Å². The van der Waals surface area contributed by atoms with E-state index in [2.05, 4.69) is 4.98 Å². The van der Waals surface area contributed by atoms with Crippen molar-refractivity contribution in [3.8, 4) is 0 Å². The molecule has 0 unspecified atom stereocenters. The molecular formula is C12H19NO3. The summed E-state index contributed by atoms with van der Waals surface area (Å²) in [5.74, 6) is -0.448. The van der Waals surface area contributed by atoms with Gasteiger partial charge in [0.1, 0.15) is 0 Å². The van der Waals surface area contributed by atoms with E-state index in [1.165, 1.54) is 0 Å². The molecule has 1 heterocycles. The molecule has 1 N–H and O–H groups in total. The van der Waals surface area contributed by atoms with E-state index in [4.69, 9.17) is 4.74 Å². The number of carbonyl (C=O) groups excluding carboxylic acids is 2. The summed E-state index contributed by atoms with van der Waals surface area (Å²) in [4.78, 5) is 25.0. The second-order valence-electron chi connectivity index (χ2n) is 3.00. The molecule has 0 radical (unpaired) electrons. The van der Waals surface area contributed by atoms with Gasteiger partial charge in [-0.15, -0.1) is 0 Å². The lowest BCUT2D eigenvalue weighted by Crippen LogP contribution is -2.07. The zero-order chi connectivity index (χ0) is 12.7. The van der Waals surface area contributed by atoms with Gasteiger partial charge in [0.15, 0.2) is 6.29 Å². The molecule has 0 saturated heterocycles. The number of aldehydes is 1. The van der Waals surface area contributed by atoms with Crippen molar-refractivity contribution in [3.63, 3.8) is 0 Å². The molecule has 1 aromatic rings. The Morgan fingerprint density at radius 1 is 1.38 bits per heavy atom. The van der Waals surface area contributed by atoms with E-state index in [0.717, 1.165) is 11.3 Å². The van der Waals surface area contributed by atoms with Gasteiger partial charge in [0.05, 0.1) is 17.9 Å². The number of aromatic nitrogens is 1. The Kier molecular flexibility index (Phi) is 6.15. The molecule has 0 atom stereocenters. The van der Waals surface area contributed by atoms with Gasteiger partial charge in [-0.25, -0.2) is 4.79 Å². The third-order valence-corrected chi connectivity index (χ3v) is 2.13. The van der Waals surface area contributed by atoms with Crippen LogP contribution in [0.5, 0.6) is 0 Å². The molecule has 4 heteroatoms. The average Bonchev–Trinajstić information content (AvgIpc) is 2.58. The number of H-pyrrole nitrogens is 1. The van der Waals surface area contributed by atoms with E-state index < -0.39 is 5.97 Å². The predicted octanol–water partition coefficient (Wildman–Crippen LogP) is 2.65. The quantitative estimate of drug-likeness (QED) is 0.635. The van der Waals surface area contributed by atoms with Gasteiger partial charge in [-0.2, -0.15) is 0 Å². The minimum absolute atomic E-state index is 0.290. The monoisotopic (exact) mass is 225 g/mol. The van der Waals surface area contributed by atoms with Crippen LogP contribution in [0.3, 0.4) is 0 Å². The van der Waals surface area contributed by atoms with Crippen molar-refractivity contribution in [2.45, 2.75) is 34.6 Å². The highest BCUT2D eigenvalue weighted by molar-refractivity contribution is 5.99. The summed E-state index contributed by atoms with van der Waals surface area (Å²) in [7, 11) is 0. The number of hydrogen-bond acceptors (Lipinski definition) is 3. The number of aryl methyl sites for hydroxylation is 1. The van der Waals surface area contributed by atoms with Crippen LogP contribution >= 0.6 is 0 Å². The first-order chi connectivity index (χ1) is 7.61. The van der Waals surface area contributed by atoms with Gasteiger partial charge < -0.3 is 9.72 Å². The topological polar surface area (TPSA) is 59.2 Å². The van der Waals surface area contributed by atoms with Gasteiger partial charge in [0.25, 0.3) is 0 Å². The number of carbonyl (C=O) groups is 2. The summed E-state index contributed by atoms with van der Waals surface area (Å²) in [5, 5.41) is 0. The zero-order valence-corrected chi connectivity index (χ0v) is 10.5. The SMILES string of the molecule is CC.CCOC(=O)c1c(C=O)[nH]c(C)c1C. The molecule has 0 aliphatic heterocycles. The van der Waals surface area contributed by atoms with E-state index in [-0.39, 0.29) is 0 Å². The molecule has 0 bridgehead atoms. The Labute approximate surface area is 96.0 Å². The van der Waals surface area contributed by atoms with Gasteiger partial charge in [0.2, 0.25) is 0 Å². The summed E-state index contributed by atoms with van der Waals surface area (Å²) in [6.07, 6.45) is 0.631. The Hall–Kier alpha value is -1.58. The maximum absolute atomic E-state index is 11.5. The molecular weight excluding hydrogens is 206 g/mol. The van der Waals surface area contributed by atoms with Crippen molar-refractivity contribution in [1.82, 2.24) is 4.98 Å². The van der Waals surface area contributed by atoms with Crippen LogP contribution in [0.1, 0.15) is 52.9 Å². The Bertz CT molecular complexity index is 367. The smallest absolute Gasteiger partial charge is 0.340 e. The maximum atomic E-state index is 11.5. The van der Waals surface area contributed by atoms with Crippen LogP contribution < -0.4 is 0 Å². The van der Waals surface area contributed by atoms with Crippen molar-refractivity contribution in [2.24, 2.45) is 0 Å². The van der Waals surface area contributed by atoms with Crippen molar-refractivity contribution < 1.29 is 14.3 Å². The van der Waals surface area contributed by atoms with Gasteiger partial charge in [-0.3, -0.25) is 4.79 Å². The number of hydrogen-bond donors (Lipinski definition) is 1. The molecule has 90 valence electrons. The number of aromatic amines is 1. The van der Waals surface area contributed by atoms with E-state index in [0.29, 0.717) is 24.2 Å². The summed E-state index contributed by atoms with van der Waals surface area (Å²) < 4.78 is 4.85. The normalized spacial score (nSPS) is 9.06. The molecule has 0 fully saturated rings. The second kappa shape index (κ2) is 6.82. The van der Waals surface area contributed by atoms with Crippen LogP contribution in [0.25, 0.3) is 0 Å².